The van der Waals surface area contributed by atoms with Gasteiger partial charge in [0, 0.05) is 5.56 Å². The molecule has 0 saturated carbocycles. The molecule has 1 aromatic heterocycles. The molecule has 0 atom stereocenters. The van der Waals surface area contributed by atoms with Crippen molar-refractivity contribution in [2.45, 2.75) is 13.8 Å². The van der Waals surface area contributed by atoms with E-state index in [4.69, 9.17) is 9.47 Å². The first kappa shape index (κ1) is 22.2. The van der Waals surface area contributed by atoms with E-state index in [0.29, 0.717) is 22.6 Å². The van der Waals surface area contributed by atoms with Crippen LogP contribution in [0.1, 0.15) is 25.0 Å². The van der Waals surface area contributed by atoms with Crippen molar-refractivity contribution in [2.24, 2.45) is 11.0 Å². The number of benzene rings is 2. The predicted molar refractivity (Wildman–Crippen MR) is 120 cm³/mol. The van der Waals surface area contributed by atoms with Crippen molar-refractivity contribution in [3.63, 3.8) is 0 Å². The van der Waals surface area contributed by atoms with E-state index < -0.39 is 5.56 Å². The average molecular weight is 431 g/mol. The van der Waals surface area contributed by atoms with Crippen molar-refractivity contribution in [1.82, 2.24) is 9.97 Å². The number of rotatable bonds is 7. The summed E-state index contributed by atoms with van der Waals surface area (Å²) in [7, 11) is 1.47. The fourth-order valence-electron chi connectivity index (χ4n) is 2.68. The number of nitrogens with zero attached hydrogens (tertiary/aromatic N) is 3. The number of ether oxygens (including phenoxy) is 2. The minimum absolute atomic E-state index is 0.0815. The Bertz CT molecular complexity index is 1240. The maximum Gasteiger partial charge on any atom is 0.313 e. The third-order valence-electron chi connectivity index (χ3n) is 4.33. The van der Waals surface area contributed by atoms with Crippen LogP contribution < -0.4 is 20.5 Å². The molecule has 0 saturated heterocycles. The number of methoxy groups -OCH3 is 1. The molecule has 0 fully saturated rings. The summed E-state index contributed by atoms with van der Waals surface area (Å²) in [5, 5.41) is 13.4. The Morgan fingerprint density at radius 1 is 1.22 bits per heavy atom. The van der Waals surface area contributed by atoms with Crippen LogP contribution in [0, 0.1) is 17.2 Å². The fraction of sp³-hybridized carbons (Fsp3) is 0.174. The molecular weight excluding hydrogens is 410 g/mol. The Morgan fingerprint density at radius 3 is 2.62 bits per heavy atom. The molecule has 0 radical (unpaired) electrons. The zero-order chi connectivity index (χ0) is 23.1. The molecule has 0 aliphatic heterocycles. The van der Waals surface area contributed by atoms with Gasteiger partial charge in [-0.3, -0.25) is 14.6 Å². The molecule has 9 heteroatoms. The molecule has 0 amide bonds. The molecule has 0 unspecified atom stereocenters. The highest BCUT2D eigenvalue weighted by Crippen LogP contribution is 2.28. The van der Waals surface area contributed by atoms with E-state index in [0.717, 1.165) is 0 Å². The number of hydrazone groups is 1. The van der Waals surface area contributed by atoms with E-state index in [-0.39, 0.29) is 29.1 Å². The van der Waals surface area contributed by atoms with E-state index >= 15 is 0 Å². The summed E-state index contributed by atoms with van der Waals surface area (Å²) in [6.45, 7) is 3.48. The van der Waals surface area contributed by atoms with Gasteiger partial charge in [0.25, 0.3) is 5.56 Å². The summed E-state index contributed by atoms with van der Waals surface area (Å²) in [5.74, 6) is 0.129. The molecule has 0 bridgehead atoms. The van der Waals surface area contributed by atoms with Crippen molar-refractivity contribution in [2.75, 3.05) is 12.5 Å². The van der Waals surface area contributed by atoms with Gasteiger partial charge in [0.05, 0.1) is 24.9 Å². The van der Waals surface area contributed by atoms with Gasteiger partial charge in [0.2, 0.25) is 5.95 Å². The highest BCUT2D eigenvalue weighted by molar-refractivity contribution is 5.82. The lowest BCUT2D eigenvalue weighted by Crippen LogP contribution is -2.16. The van der Waals surface area contributed by atoms with Gasteiger partial charge in [-0.2, -0.15) is 10.4 Å². The number of hydrogen-bond donors (Lipinski definition) is 2. The molecule has 0 aliphatic rings. The van der Waals surface area contributed by atoms with Crippen molar-refractivity contribution < 1.29 is 14.3 Å². The molecule has 0 spiro atoms. The van der Waals surface area contributed by atoms with Crippen LogP contribution in [0.25, 0.3) is 11.3 Å². The first-order valence-electron chi connectivity index (χ1n) is 9.71. The predicted octanol–water partition coefficient (Wildman–Crippen LogP) is 3.32. The number of nitriles is 1. The van der Waals surface area contributed by atoms with E-state index in [1.54, 1.807) is 56.3 Å². The second kappa shape index (κ2) is 10.0. The Balaban J connectivity index is 1.82. The van der Waals surface area contributed by atoms with Gasteiger partial charge in [-0.25, -0.2) is 10.4 Å². The van der Waals surface area contributed by atoms with Crippen LogP contribution in [-0.2, 0) is 4.79 Å². The number of aromatic nitrogens is 2. The van der Waals surface area contributed by atoms with Crippen LogP contribution in [0.4, 0.5) is 5.95 Å². The smallest absolute Gasteiger partial charge is 0.313 e. The number of aromatic amines is 1. The second-order valence-corrected chi connectivity index (χ2v) is 6.97. The first-order chi connectivity index (χ1) is 15.4. The van der Waals surface area contributed by atoms with Crippen LogP contribution >= 0.6 is 0 Å². The van der Waals surface area contributed by atoms with Crippen molar-refractivity contribution in [3.05, 3.63) is 70.0 Å². The molecule has 1 heterocycles. The van der Waals surface area contributed by atoms with E-state index in [2.05, 4.69) is 20.5 Å². The molecule has 0 aliphatic carbocycles. The molecule has 2 N–H and O–H groups in total. The SMILES string of the molecule is COc1cc(C=NNc2nc(-c3ccccc3)c(C#N)c(=O)[nH]2)ccc1OC(=O)C(C)C. The van der Waals surface area contributed by atoms with Crippen LogP contribution in [0.15, 0.2) is 58.4 Å². The van der Waals surface area contributed by atoms with Gasteiger partial charge in [-0.05, 0) is 23.8 Å². The third-order valence-corrected chi connectivity index (χ3v) is 4.33. The molecule has 162 valence electrons. The lowest BCUT2D eigenvalue weighted by Gasteiger charge is -2.11. The second-order valence-electron chi connectivity index (χ2n) is 6.97. The number of nitrogens with one attached hydrogen (secondary N) is 2. The highest BCUT2D eigenvalue weighted by atomic mass is 16.6. The van der Waals surface area contributed by atoms with Gasteiger partial charge < -0.3 is 9.47 Å². The van der Waals surface area contributed by atoms with E-state index in [1.807, 2.05) is 12.1 Å². The maximum atomic E-state index is 12.3. The maximum absolute atomic E-state index is 12.3. The van der Waals surface area contributed by atoms with Crippen LogP contribution in [-0.4, -0.2) is 29.3 Å². The number of esters is 1. The number of carbonyl (C=O) groups excluding carboxylic acids is 1. The lowest BCUT2D eigenvalue weighted by atomic mass is 10.1. The average Bonchev–Trinajstić information content (AvgIpc) is 2.80. The van der Waals surface area contributed by atoms with Crippen LogP contribution in [0.5, 0.6) is 11.5 Å². The first-order valence-corrected chi connectivity index (χ1v) is 9.71. The van der Waals surface area contributed by atoms with Gasteiger partial charge >= 0.3 is 5.97 Å². The van der Waals surface area contributed by atoms with Crippen LogP contribution in [0.3, 0.4) is 0 Å². The van der Waals surface area contributed by atoms with Gasteiger partial charge in [-0.1, -0.05) is 44.2 Å². The zero-order valence-electron chi connectivity index (χ0n) is 17.7. The number of H-pyrrole nitrogens is 1. The summed E-state index contributed by atoms with van der Waals surface area (Å²) >= 11 is 0. The number of anilines is 1. The summed E-state index contributed by atoms with van der Waals surface area (Å²) in [5.41, 5.74) is 3.55. The Morgan fingerprint density at radius 2 is 1.97 bits per heavy atom. The van der Waals surface area contributed by atoms with E-state index in [1.165, 1.54) is 13.3 Å². The van der Waals surface area contributed by atoms with Crippen molar-refractivity contribution >= 4 is 18.1 Å². The monoisotopic (exact) mass is 431 g/mol. The topological polar surface area (TPSA) is 129 Å². The molecular formula is C23H21N5O4. The van der Waals surface area contributed by atoms with Crippen molar-refractivity contribution in [1.29, 1.82) is 5.26 Å². The highest BCUT2D eigenvalue weighted by Gasteiger charge is 2.14. The van der Waals surface area contributed by atoms with E-state index in [9.17, 15) is 14.9 Å². The molecule has 2 aromatic carbocycles. The molecule has 9 nitrogen and oxygen atoms in total. The molecule has 3 rings (SSSR count). The zero-order valence-corrected chi connectivity index (χ0v) is 17.7. The van der Waals surface area contributed by atoms with Gasteiger partial charge in [0.15, 0.2) is 11.5 Å². The summed E-state index contributed by atoms with van der Waals surface area (Å²) in [4.78, 5) is 30.9. The summed E-state index contributed by atoms with van der Waals surface area (Å²) in [6.07, 6.45) is 1.48. The van der Waals surface area contributed by atoms with Crippen molar-refractivity contribution in [3.8, 4) is 28.8 Å². The summed E-state index contributed by atoms with van der Waals surface area (Å²) in [6, 6.07) is 15.8. The minimum atomic E-state index is -0.572. The Labute approximate surface area is 184 Å². The van der Waals surface area contributed by atoms with Gasteiger partial charge in [0.1, 0.15) is 11.6 Å². The largest absolute Gasteiger partial charge is 0.493 e. The standard InChI is InChI=1S/C23H21N5O4/c1-14(2)22(30)32-18-10-9-15(11-19(18)31-3)13-25-28-23-26-20(16-7-5-4-6-8-16)17(12-24)21(29)27-23/h4-11,13-14H,1-3H3,(H2,26,27,28,29). The van der Waals surface area contributed by atoms with Gasteiger partial charge in [-0.15, -0.1) is 0 Å². The Hall–Kier alpha value is -4.45. The quantitative estimate of drug-likeness (QED) is 0.254. The number of carbonyl (C=O) groups is 1. The number of hydrogen-bond acceptors (Lipinski definition) is 8. The van der Waals surface area contributed by atoms with Crippen LogP contribution in [0.2, 0.25) is 0 Å². The summed E-state index contributed by atoms with van der Waals surface area (Å²) < 4.78 is 10.6. The normalized spacial score (nSPS) is 10.7. The minimum Gasteiger partial charge on any atom is -0.493 e. The lowest BCUT2D eigenvalue weighted by molar-refractivity contribution is -0.137. The molecule has 32 heavy (non-hydrogen) atoms. The fourth-order valence-corrected chi connectivity index (χ4v) is 2.68. The molecule has 3 aromatic rings. The Kier molecular flexibility index (Phi) is 6.98. The third kappa shape index (κ3) is 5.17.